The topological polar surface area (TPSA) is 29.0 Å². The predicted molar refractivity (Wildman–Crippen MR) is 95.8 cm³/mol. The third-order valence-corrected chi connectivity index (χ3v) is 5.25. The van der Waals surface area contributed by atoms with E-state index in [1.165, 1.54) is 40.4 Å². The van der Waals surface area contributed by atoms with Gasteiger partial charge in [0.25, 0.3) is 0 Å². The third kappa shape index (κ3) is 2.59. The largest absolute Gasteiger partial charge is 0.294 e. The molecule has 24 heavy (non-hydrogen) atoms. The highest BCUT2D eigenvalue weighted by Crippen LogP contribution is 2.38. The number of nitrogens with zero attached hydrogens (tertiary/aromatic N) is 3. The molecular formula is C21H21N3. The zero-order valence-corrected chi connectivity index (χ0v) is 13.8. The average molecular weight is 315 g/mol. The molecule has 0 spiro atoms. The third-order valence-electron chi connectivity index (χ3n) is 5.25. The summed E-state index contributed by atoms with van der Waals surface area (Å²) < 4.78 is 0. The number of rotatable bonds is 3. The minimum atomic E-state index is 0.643. The molecule has 0 unspecified atom stereocenters. The fourth-order valence-electron chi connectivity index (χ4n) is 3.73. The van der Waals surface area contributed by atoms with Crippen molar-refractivity contribution in [2.24, 2.45) is 0 Å². The van der Waals surface area contributed by atoms with Crippen LogP contribution in [0.1, 0.15) is 41.4 Å². The summed E-state index contributed by atoms with van der Waals surface area (Å²) in [7, 11) is 0. The Morgan fingerprint density at radius 1 is 1.04 bits per heavy atom. The first-order chi connectivity index (χ1) is 11.9. The van der Waals surface area contributed by atoms with Crippen molar-refractivity contribution in [2.75, 3.05) is 6.54 Å². The van der Waals surface area contributed by atoms with Gasteiger partial charge < -0.3 is 0 Å². The van der Waals surface area contributed by atoms with E-state index in [4.69, 9.17) is 4.98 Å². The second-order valence-corrected chi connectivity index (χ2v) is 7.07. The van der Waals surface area contributed by atoms with Crippen molar-refractivity contribution in [1.82, 2.24) is 14.9 Å². The minimum absolute atomic E-state index is 0.643. The molecule has 2 aliphatic rings. The molecule has 0 bridgehead atoms. The van der Waals surface area contributed by atoms with Crippen molar-refractivity contribution in [3.05, 3.63) is 71.3 Å². The maximum absolute atomic E-state index is 4.83. The van der Waals surface area contributed by atoms with Gasteiger partial charge in [-0.15, -0.1) is 0 Å². The molecule has 2 aromatic carbocycles. The summed E-state index contributed by atoms with van der Waals surface area (Å²) in [6.07, 6.45) is 5.66. The molecule has 2 heterocycles. The monoisotopic (exact) mass is 315 g/mol. The van der Waals surface area contributed by atoms with Gasteiger partial charge in [0.1, 0.15) is 5.82 Å². The number of aromatic nitrogens is 2. The molecule has 3 nitrogen and oxygen atoms in total. The first kappa shape index (κ1) is 14.1. The lowest BCUT2D eigenvalue weighted by Gasteiger charge is -2.28. The Morgan fingerprint density at radius 3 is 2.83 bits per heavy atom. The summed E-state index contributed by atoms with van der Waals surface area (Å²) >= 11 is 0. The van der Waals surface area contributed by atoms with Gasteiger partial charge in [-0.2, -0.15) is 0 Å². The Labute approximate surface area is 142 Å². The Balaban J connectivity index is 1.39. The highest BCUT2D eigenvalue weighted by Gasteiger charge is 2.28. The lowest BCUT2D eigenvalue weighted by molar-refractivity contribution is 0.243. The summed E-state index contributed by atoms with van der Waals surface area (Å²) in [5.41, 5.74) is 4.00. The van der Waals surface area contributed by atoms with Crippen LogP contribution >= 0.6 is 0 Å². The highest BCUT2D eigenvalue weighted by molar-refractivity contribution is 5.85. The molecule has 0 amide bonds. The van der Waals surface area contributed by atoms with Gasteiger partial charge in [-0.25, -0.2) is 9.97 Å². The maximum atomic E-state index is 4.83. The molecule has 0 atom stereocenters. The van der Waals surface area contributed by atoms with Crippen LogP contribution in [0, 0.1) is 0 Å². The van der Waals surface area contributed by atoms with Crippen LogP contribution in [0.15, 0.2) is 48.7 Å². The lowest BCUT2D eigenvalue weighted by Crippen LogP contribution is -2.31. The van der Waals surface area contributed by atoms with Gasteiger partial charge in [0.2, 0.25) is 0 Å². The van der Waals surface area contributed by atoms with E-state index in [0.29, 0.717) is 5.92 Å². The molecule has 1 aliphatic carbocycles. The van der Waals surface area contributed by atoms with Crippen molar-refractivity contribution in [3.8, 4) is 0 Å². The van der Waals surface area contributed by atoms with Gasteiger partial charge in [-0.05, 0) is 29.2 Å². The van der Waals surface area contributed by atoms with Gasteiger partial charge >= 0.3 is 0 Å². The van der Waals surface area contributed by atoms with Crippen molar-refractivity contribution in [1.29, 1.82) is 0 Å². The summed E-state index contributed by atoms with van der Waals surface area (Å²) in [6.45, 7) is 3.03. The van der Waals surface area contributed by atoms with Crippen LogP contribution < -0.4 is 0 Å². The molecule has 5 rings (SSSR count). The molecule has 0 saturated heterocycles. The molecule has 1 aromatic heterocycles. The van der Waals surface area contributed by atoms with E-state index in [1.807, 2.05) is 0 Å². The van der Waals surface area contributed by atoms with Crippen LogP contribution in [0.5, 0.6) is 0 Å². The SMILES string of the molecule is c1ccc2c(CN3CCc4nc(C5CC5)ncc4C3)cccc2c1. The summed E-state index contributed by atoms with van der Waals surface area (Å²) in [4.78, 5) is 12.0. The van der Waals surface area contributed by atoms with E-state index in [9.17, 15) is 0 Å². The molecule has 120 valence electrons. The van der Waals surface area contributed by atoms with Crippen LogP contribution in [-0.2, 0) is 19.5 Å². The Kier molecular flexibility index (Phi) is 3.34. The van der Waals surface area contributed by atoms with Crippen LogP contribution in [0.3, 0.4) is 0 Å². The van der Waals surface area contributed by atoms with E-state index in [-0.39, 0.29) is 0 Å². The average Bonchev–Trinajstić information content (AvgIpc) is 3.47. The van der Waals surface area contributed by atoms with Gasteiger partial charge in [-0.3, -0.25) is 4.90 Å². The minimum Gasteiger partial charge on any atom is -0.294 e. The van der Waals surface area contributed by atoms with E-state index in [1.54, 1.807) is 0 Å². The Hall–Kier alpha value is -2.26. The standard InChI is InChI=1S/C21H21N3/c1-2-7-19-15(4-1)5-3-6-17(19)13-24-11-10-20-18(14-24)12-22-21(23-20)16-8-9-16/h1-7,12,16H,8-11,13-14H2. The maximum Gasteiger partial charge on any atom is 0.131 e. The number of hydrogen-bond acceptors (Lipinski definition) is 3. The molecule has 1 saturated carbocycles. The second-order valence-electron chi connectivity index (χ2n) is 7.07. The molecule has 3 aromatic rings. The normalized spacial score (nSPS) is 17.8. The lowest BCUT2D eigenvalue weighted by atomic mass is 10.0. The second kappa shape index (κ2) is 5.67. The Morgan fingerprint density at radius 2 is 1.92 bits per heavy atom. The van der Waals surface area contributed by atoms with Gasteiger partial charge in [0, 0.05) is 49.4 Å². The molecule has 0 radical (unpaired) electrons. The summed E-state index contributed by atoms with van der Waals surface area (Å²) in [6, 6.07) is 15.3. The van der Waals surface area contributed by atoms with Crippen LogP contribution in [0.4, 0.5) is 0 Å². The quantitative estimate of drug-likeness (QED) is 0.729. The van der Waals surface area contributed by atoms with Crippen molar-refractivity contribution < 1.29 is 0 Å². The number of fused-ring (bicyclic) bond motifs is 2. The van der Waals surface area contributed by atoms with Crippen LogP contribution in [0.25, 0.3) is 10.8 Å². The summed E-state index contributed by atoms with van der Waals surface area (Å²) in [5.74, 6) is 1.72. The van der Waals surface area contributed by atoms with E-state index in [2.05, 4.69) is 58.5 Å². The van der Waals surface area contributed by atoms with Crippen LogP contribution in [0.2, 0.25) is 0 Å². The van der Waals surface area contributed by atoms with Gasteiger partial charge in [-0.1, -0.05) is 42.5 Å². The molecule has 1 aliphatic heterocycles. The Bertz CT molecular complexity index is 893. The fraction of sp³-hybridized carbons (Fsp3) is 0.333. The van der Waals surface area contributed by atoms with Crippen molar-refractivity contribution >= 4 is 10.8 Å². The van der Waals surface area contributed by atoms with Crippen LogP contribution in [-0.4, -0.2) is 21.4 Å². The number of hydrogen-bond donors (Lipinski definition) is 0. The fourth-order valence-corrected chi connectivity index (χ4v) is 3.73. The van der Waals surface area contributed by atoms with E-state index in [0.717, 1.165) is 31.9 Å². The van der Waals surface area contributed by atoms with Gasteiger partial charge in [0.05, 0.1) is 0 Å². The summed E-state index contributed by atoms with van der Waals surface area (Å²) in [5, 5.41) is 2.69. The molecule has 1 fully saturated rings. The molecular weight excluding hydrogens is 294 g/mol. The smallest absolute Gasteiger partial charge is 0.131 e. The van der Waals surface area contributed by atoms with Crippen molar-refractivity contribution in [3.63, 3.8) is 0 Å². The number of benzene rings is 2. The zero-order chi connectivity index (χ0) is 15.9. The zero-order valence-electron chi connectivity index (χ0n) is 13.8. The van der Waals surface area contributed by atoms with E-state index < -0.39 is 0 Å². The first-order valence-corrected chi connectivity index (χ1v) is 8.90. The van der Waals surface area contributed by atoms with E-state index >= 15 is 0 Å². The molecule has 0 N–H and O–H groups in total. The predicted octanol–water partition coefficient (Wildman–Crippen LogP) is 4.07. The van der Waals surface area contributed by atoms with Crippen molar-refractivity contribution in [2.45, 2.75) is 38.3 Å². The first-order valence-electron chi connectivity index (χ1n) is 8.90. The highest BCUT2D eigenvalue weighted by atomic mass is 15.1. The molecule has 3 heteroatoms. The van der Waals surface area contributed by atoms with Gasteiger partial charge in [0.15, 0.2) is 0 Å².